The third-order valence-corrected chi connectivity index (χ3v) is 3.21. The van der Waals surface area contributed by atoms with Crippen LogP contribution in [0.5, 0.6) is 0 Å². The van der Waals surface area contributed by atoms with Crippen LogP contribution in [0.4, 0.5) is 0 Å². The van der Waals surface area contributed by atoms with E-state index in [4.69, 9.17) is 0 Å². The molecule has 0 radical (unpaired) electrons. The van der Waals surface area contributed by atoms with E-state index in [1.165, 1.54) is 5.56 Å². The Balaban J connectivity index is 2.47. The summed E-state index contributed by atoms with van der Waals surface area (Å²) < 4.78 is 0. The minimum absolute atomic E-state index is 0.531. The van der Waals surface area contributed by atoms with Crippen molar-refractivity contribution in [1.82, 2.24) is 0 Å². The molecule has 88 valence electrons. The summed E-state index contributed by atoms with van der Waals surface area (Å²) in [5, 5.41) is 10.5. The van der Waals surface area contributed by atoms with Crippen molar-refractivity contribution in [3.05, 3.63) is 70.3 Å². The van der Waals surface area contributed by atoms with E-state index in [0.717, 1.165) is 22.3 Å². The molecule has 0 saturated heterocycles. The quantitative estimate of drug-likeness (QED) is 0.828. The second-order valence-electron chi connectivity index (χ2n) is 4.62. The van der Waals surface area contributed by atoms with E-state index < -0.39 is 6.10 Å². The number of aliphatic hydroxyl groups excluding tert-OH is 1. The fraction of sp³-hybridized carbons (Fsp3) is 0.250. The Morgan fingerprint density at radius 3 is 2.18 bits per heavy atom. The van der Waals surface area contributed by atoms with Gasteiger partial charge in [-0.25, -0.2) is 0 Å². The molecule has 0 fully saturated rings. The Bertz CT molecular complexity index is 529. The van der Waals surface area contributed by atoms with Crippen LogP contribution in [0.1, 0.15) is 33.9 Å². The first kappa shape index (κ1) is 11.9. The van der Waals surface area contributed by atoms with Gasteiger partial charge in [-0.1, -0.05) is 48.0 Å². The first-order valence-electron chi connectivity index (χ1n) is 5.90. The maximum absolute atomic E-state index is 10.5. The Kier molecular flexibility index (Phi) is 3.30. The van der Waals surface area contributed by atoms with Gasteiger partial charge >= 0.3 is 0 Å². The fourth-order valence-electron chi connectivity index (χ4n) is 2.12. The molecule has 2 aromatic carbocycles. The second-order valence-corrected chi connectivity index (χ2v) is 4.62. The van der Waals surface area contributed by atoms with Gasteiger partial charge in [-0.3, -0.25) is 0 Å². The van der Waals surface area contributed by atoms with Crippen LogP contribution in [0.15, 0.2) is 42.5 Å². The third-order valence-electron chi connectivity index (χ3n) is 3.21. The van der Waals surface area contributed by atoms with E-state index in [1.807, 2.05) is 45.0 Å². The van der Waals surface area contributed by atoms with Crippen molar-refractivity contribution >= 4 is 0 Å². The van der Waals surface area contributed by atoms with E-state index >= 15 is 0 Å². The van der Waals surface area contributed by atoms with Crippen LogP contribution < -0.4 is 0 Å². The van der Waals surface area contributed by atoms with Gasteiger partial charge in [0.25, 0.3) is 0 Å². The number of benzene rings is 2. The van der Waals surface area contributed by atoms with Gasteiger partial charge in [0.05, 0.1) is 0 Å². The van der Waals surface area contributed by atoms with E-state index in [-0.39, 0.29) is 0 Å². The highest BCUT2D eigenvalue weighted by molar-refractivity contribution is 5.40. The number of hydrogen-bond donors (Lipinski definition) is 1. The normalized spacial score (nSPS) is 12.5. The SMILES string of the molecule is Cc1ccc(C)c([C@H](O)c2ccccc2C)c1. The summed E-state index contributed by atoms with van der Waals surface area (Å²) in [4.78, 5) is 0. The molecule has 2 aromatic rings. The van der Waals surface area contributed by atoms with E-state index in [9.17, 15) is 5.11 Å². The summed E-state index contributed by atoms with van der Waals surface area (Å²) in [7, 11) is 0. The summed E-state index contributed by atoms with van der Waals surface area (Å²) >= 11 is 0. The maximum Gasteiger partial charge on any atom is 0.105 e. The zero-order valence-electron chi connectivity index (χ0n) is 10.6. The Labute approximate surface area is 103 Å². The van der Waals surface area contributed by atoms with Crippen molar-refractivity contribution in [3.8, 4) is 0 Å². The summed E-state index contributed by atoms with van der Waals surface area (Å²) in [5.74, 6) is 0. The van der Waals surface area contributed by atoms with E-state index in [2.05, 4.69) is 18.2 Å². The molecule has 0 bridgehead atoms. The Morgan fingerprint density at radius 1 is 0.824 bits per heavy atom. The zero-order chi connectivity index (χ0) is 12.4. The summed E-state index contributed by atoms with van der Waals surface area (Å²) in [5.41, 5.74) is 5.42. The van der Waals surface area contributed by atoms with Gasteiger partial charge in [-0.15, -0.1) is 0 Å². The maximum atomic E-state index is 10.5. The molecule has 0 saturated carbocycles. The first-order valence-corrected chi connectivity index (χ1v) is 5.90. The number of hydrogen-bond acceptors (Lipinski definition) is 1. The average molecular weight is 226 g/mol. The van der Waals surface area contributed by atoms with Crippen LogP contribution in [-0.4, -0.2) is 5.11 Å². The van der Waals surface area contributed by atoms with Gasteiger partial charge in [-0.2, -0.15) is 0 Å². The molecule has 0 aliphatic rings. The minimum atomic E-state index is -0.531. The van der Waals surface area contributed by atoms with E-state index in [1.54, 1.807) is 0 Å². The molecule has 0 aliphatic heterocycles. The van der Waals surface area contributed by atoms with Crippen molar-refractivity contribution in [2.75, 3.05) is 0 Å². The molecule has 0 heterocycles. The molecular formula is C16H18O. The summed E-state index contributed by atoms with van der Waals surface area (Å²) in [6, 6.07) is 14.2. The van der Waals surface area contributed by atoms with Crippen LogP contribution in [0, 0.1) is 20.8 Å². The van der Waals surface area contributed by atoms with Gasteiger partial charge in [0, 0.05) is 0 Å². The lowest BCUT2D eigenvalue weighted by Gasteiger charge is -2.17. The standard InChI is InChI=1S/C16H18O/c1-11-8-9-13(3)15(10-11)16(17)14-7-5-4-6-12(14)2/h4-10,16-17H,1-3H3/t16-/m1/s1. The number of aryl methyl sites for hydroxylation is 3. The first-order chi connectivity index (χ1) is 8.09. The molecule has 0 aliphatic carbocycles. The molecule has 2 rings (SSSR count). The largest absolute Gasteiger partial charge is 0.384 e. The molecule has 1 N–H and O–H groups in total. The highest BCUT2D eigenvalue weighted by atomic mass is 16.3. The number of rotatable bonds is 2. The molecule has 0 unspecified atom stereocenters. The average Bonchev–Trinajstić information content (AvgIpc) is 2.32. The van der Waals surface area contributed by atoms with Crippen LogP contribution in [0.3, 0.4) is 0 Å². The predicted molar refractivity (Wildman–Crippen MR) is 71.2 cm³/mol. The lowest BCUT2D eigenvalue weighted by atomic mass is 9.93. The molecule has 0 aromatic heterocycles. The van der Waals surface area contributed by atoms with Crippen molar-refractivity contribution in [3.63, 3.8) is 0 Å². The smallest absolute Gasteiger partial charge is 0.105 e. The molecule has 1 heteroatoms. The predicted octanol–water partition coefficient (Wildman–Crippen LogP) is 3.69. The minimum Gasteiger partial charge on any atom is -0.384 e. The van der Waals surface area contributed by atoms with Gasteiger partial charge in [0.1, 0.15) is 6.10 Å². The molecule has 0 amide bonds. The van der Waals surface area contributed by atoms with Gasteiger partial charge in [0.2, 0.25) is 0 Å². The fourth-order valence-corrected chi connectivity index (χ4v) is 2.12. The topological polar surface area (TPSA) is 20.2 Å². The van der Waals surface area contributed by atoms with Crippen molar-refractivity contribution < 1.29 is 5.11 Å². The summed E-state index contributed by atoms with van der Waals surface area (Å²) in [6.07, 6.45) is -0.531. The lowest BCUT2D eigenvalue weighted by Crippen LogP contribution is -2.04. The van der Waals surface area contributed by atoms with Gasteiger partial charge in [0.15, 0.2) is 0 Å². The molecule has 0 spiro atoms. The van der Waals surface area contributed by atoms with Gasteiger partial charge in [-0.05, 0) is 43.0 Å². The number of aliphatic hydroxyl groups is 1. The monoisotopic (exact) mass is 226 g/mol. The van der Waals surface area contributed by atoms with Crippen LogP contribution in [-0.2, 0) is 0 Å². The van der Waals surface area contributed by atoms with Gasteiger partial charge < -0.3 is 5.11 Å². The lowest BCUT2D eigenvalue weighted by molar-refractivity contribution is 0.218. The van der Waals surface area contributed by atoms with Crippen LogP contribution >= 0.6 is 0 Å². The van der Waals surface area contributed by atoms with Crippen LogP contribution in [0.2, 0.25) is 0 Å². The second kappa shape index (κ2) is 4.72. The molecule has 1 atom stereocenters. The Morgan fingerprint density at radius 2 is 1.47 bits per heavy atom. The van der Waals surface area contributed by atoms with Crippen molar-refractivity contribution in [2.45, 2.75) is 26.9 Å². The van der Waals surface area contributed by atoms with Crippen molar-refractivity contribution in [2.24, 2.45) is 0 Å². The summed E-state index contributed by atoms with van der Waals surface area (Å²) in [6.45, 7) is 6.12. The molecule has 17 heavy (non-hydrogen) atoms. The zero-order valence-corrected chi connectivity index (χ0v) is 10.6. The Hall–Kier alpha value is -1.60. The van der Waals surface area contributed by atoms with Crippen molar-refractivity contribution in [1.29, 1.82) is 0 Å². The third kappa shape index (κ3) is 2.40. The molecule has 1 nitrogen and oxygen atoms in total. The highest BCUT2D eigenvalue weighted by Crippen LogP contribution is 2.27. The highest BCUT2D eigenvalue weighted by Gasteiger charge is 2.14. The van der Waals surface area contributed by atoms with E-state index in [0.29, 0.717) is 0 Å². The molecular weight excluding hydrogens is 208 g/mol. The van der Waals surface area contributed by atoms with Crippen LogP contribution in [0.25, 0.3) is 0 Å².